The molecule has 0 atom stereocenters. The lowest BCUT2D eigenvalue weighted by Crippen LogP contribution is -2.16. The van der Waals surface area contributed by atoms with E-state index in [-0.39, 0.29) is 21.9 Å². The molecule has 0 aliphatic heterocycles. The van der Waals surface area contributed by atoms with Crippen molar-refractivity contribution >= 4 is 15.6 Å². The van der Waals surface area contributed by atoms with Gasteiger partial charge in [-0.05, 0) is 36.5 Å². The highest BCUT2D eigenvalue weighted by Crippen LogP contribution is 2.45. The van der Waals surface area contributed by atoms with Gasteiger partial charge in [-0.25, -0.2) is 8.42 Å². The lowest BCUT2D eigenvalue weighted by atomic mass is 9.95. The first kappa shape index (κ1) is 16.7. The minimum atomic E-state index is -4.87. The van der Waals surface area contributed by atoms with Gasteiger partial charge < -0.3 is 4.52 Å². The van der Waals surface area contributed by atoms with E-state index in [0.29, 0.717) is 18.9 Å². The van der Waals surface area contributed by atoms with Crippen LogP contribution >= 0.6 is 0 Å². The summed E-state index contributed by atoms with van der Waals surface area (Å²) < 4.78 is 68.4. The van der Waals surface area contributed by atoms with Crippen LogP contribution in [0.4, 0.5) is 13.2 Å². The summed E-state index contributed by atoms with van der Waals surface area (Å²) in [4.78, 5) is 12.0. The van der Waals surface area contributed by atoms with Crippen molar-refractivity contribution in [3.8, 4) is 0 Å². The maximum atomic E-state index is 13.4. The standard InChI is InChI=1S/C15H12F3NO4S/c1-24(21,22)13-5-12(15(16,17)18)11(4-10(13)8-2-3-8)14(20)9-6-19-23-7-9/h4-8H,2-3H2,1H3. The van der Waals surface area contributed by atoms with Gasteiger partial charge in [-0.3, -0.25) is 4.79 Å². The molecule has 1 saturated carbocycles. The summed E-state index contributed by atoms with van der Waals surface area (Å²) >= 11 is 0. The molecule has 1 aliphatic carbocycles. The van der Waals surface area contributed by atoms with Gasteiger partial charge in [-0.1, -0.05) is 5.16 Å². The molecule has 0 radical (unpaired) electrons. The second-order valence-corrected chi connectivity index (χ2v) is 7.71. The predicted octanol–water partition coefficient (Wildman–Crippen LogP) is 3.21. The zero-order chi connectivity index (χ0) is 17.7. The summed E-state index contributed by atoms with van der Waals surface area (Å²) in [5, 5.41) is 3.31. The topological polar surface area (TPSA) is 77.2 Å². The summed E-state index contributed by atoms with van der Waals surface area (Å²) in [5.41, 5.74) is -1.75. The van der Waals surface area contributed by atoms with Crippen molar-refractivity contribution in [3.63, 3.8) is 0 Å². The van der Waals surface area contributed by atoms with Crippen LogP contribution in [0.3, 0.4) is 0 Å². The van der Waals surface area contributed by atoms with E-state index in [9.17, 15) is 26.4 Å². The predicted molar refractivity (Wildman–Crippen MR) is 76.5 cm³/mol. The van der Waals surface area contributed by atoms with Crippen LogP contribution in [0.25, 0.3) is 0 Å². The van der Waals surface area contributed by atoms with Crippen LogP contribution in [-0.2, 0) is 16.0 Å². The first-order valence-corrected chi connectivity index (χ1v) is 8.87. The van der Waals surface area contributed by atoms with Gasteiger partial charge in [-0.2, -0.15) is 13.2 Å². The summed E-state index contributed by atoms with van der Waals surface area (Å²) in [6.45, 7) is 0. The molecule has 0 saturated heterocycles. The Morgan fingerprint density at radius 2 is 1.96 bits per heavy atom. The van der Waals surface area contributed by atoms with Gasteiger partial charge in [0.1, 0.15) is 6.26 Å². The van der Waals surface area contributed by atoms with Gasteiger partial charge in [0.2, 0.25) is 0 Å². The minimum absolute atomic E-state index is 0.130. The van der Waals surface area contributed by atoms with Gasteiger partial charge >= 0.3 is 6.18 Å². The van der Waals surface area contributed by atoms with Crippen LogP contribution in [0.2, 0.25) is 0 Å². The molecule has 0 bridgehead atoms. The lowest BCUT2D eigenvalue weighted by molar-refractivity contribution is -0.138. The Balaban J connectivity index is 2.27. The number of aromatic nitrogens is 1. The quantitative estimate of drug-likeness (QED) is 0.784. The molecule has 5 nitrogen and oxygen atoms in total. The molecule has 24 heavy (non-hydrogen) atoms. The summed E-state index contributed by atoms with van der Waals surface area (Å²) in [6, 6.07) is 1.61. The van der Waals surface area contributed by atoms with Crippen LogP contribution in [0, 0.1) is 0 Å². The van der Waals surface area contributed by atoms with Crippen molar-refractivity contribution in [1.82, 2.24) is 5.16 Å². The van der Waals surface area contributed by atoms with Gasteiger partial charge in [0.15, 0.2) is 15.6 Å². The number of ketones is 1. The second-order valence-electron chi connectivity index (χ2n) is 5.72. The van der Waals surface area contributed by atoms with Gasteiger partial charge in [0.25, 0.3) is 0 Å². The number of hydrogen-bond donors (Lipinski definition) is 0. The van der Waals surface area contributed by atoms with Crippen LogP contribution in [-0.4, -0.2) is 25.6 Å². The fourth-order valence-corrected chi connectivity index (χ4v) is 3.51. The monoisotopic (exact) mass is 359 g/mol. The first-order chi connectivity index (χ1) is 11.1. The molecule has 1 fully saturated rings. The van der Waals surface area contributed by atoms with Crippen molar-refractivity contribution in [2.45, 2.75) is 29.8 Å². The summed E-state index contributed by atoms with van der Waals surface area (Å²) in [6.07, 6.45) is -0.698. The number of rotatable bonds is 4. The Morgan fingerprint density at radius 3 is 2.42 bits per heavy atom. The number of alkyl halides is 3. The molecule has 0 N–H and O–H groups in total. The zero-order valence-electron chi connectivity index (χ0n) is 12.4. The van der Waals surface area contributed by atoms with Crippen molar-refractivity contribution in [1.29, 1.82) is 0 Å². The van der Waals surface area contributed by atoms with E-state index in [4.69, 9.17) is 0 Å². The maximum Gasteiger partial charge on any atom is 0.417 e. The lowest BCUT2D eigenvalue weighted by Gasteiger charge is -2.16. The number of sulfone groups is 1. The molecule has 0 amide bonds. The first-order valence-electron chi connectivity index (χ1n) is 6.98. The molecular weight excluding hydrogens is 347 g/mol. The smallest absolute Gasteiger partial charge is 0.364 e. The Morgan fingerprint density at radius 1 is 1.29 bits per heavy atom. The molecule has 0 spiro atoms. The molecule has 0 unspecified atom stereocenters. The van der Waals surface area contributed by atoms with Crippen molar-refractivity contribution in [2.75, 3.05) is 6.26 Å². The van der Waals surface area contributed by atoms with E-state index in [1.54, 1.807) is 0 Å². The van der Waals surface area contributed by atoms with Crippen LogP contribution < -0.4 is 0 Å². The zero-order valence-corrected chi connectivity index (χ0v) is 13.2. The Bertz CT molecular complexity index is 898. The van der Waals surface area contributed by atoms with E-state index in [1.807, 2.05) is 0 Å². The van der Waals surface area contributed by atoms with Crippen molar-refractivity contribution < 1.29 is 30.9 Å². The molecule has 9 heteroatoms. The van der Waals surface area contributed by atoms with Crippen LogP contribution in [0.1, 0.15) is 45.8 Å². The third kappa shape index (κ3) is 3.08. The van der Waals surface area contributed by atoms with Crippen LogP contribution in [0.15, 0.2) is 34.0 Å². The number of benzene rings is 1. The summed E-state index contributed by atoms with van der Waals surface area (Å²) in [5.74, 6) is -1.06. The van der Waals surface area contributed by atoms with Gasteiger partial charge in [-0.15, -0.1) is 0 Å². The number of nitrogens with zero attached hydrogens (tertiary/aromatic N) is 1. The largest absolute Gasteiger partial charge is 0.417 e. The highest BCUT2D eigenvalue weighted by Gasteiger charge is 2.39. The number of hydrogen-bond acceptors (Lipinski definition) is 5. The van der Waals surface area contributed by atoms with Gasteiger partial charge in [0.05, 0.1) is 22.2 Å². The van der Waals surface area contributed by atoms with Crippen molar-refractivity contribution in [2.24, 2.45) is 0 Å². The fourth-order valence-electron chi connectivity index (χ4n) is 2.53. The summed E-state index contributed by atoms with van der Waals surface area (Å²) in [7, 11) is -3.86. The molecule has 1 heterocycles. The highest BCUT2D eigenvalue weighted by atomic mass is 32.2. The minimum Gasteiger partial charge on any atom is -0.364 e. The SMILES string of the molecule is CS(=O)(=O)c1cc(C(F)(F)F)c(C(=O)c2cnoc2)cc1C1CC1. The highest BCUT2D eigenvalue weighted by molar-refractivity contribution is 7.90. The Kier molecular flexibility index (Phi) is 3.78. The third-order valence-electron chi connectivity index (χ3n) is 3.81. The molecule has 1 aromatic heterocycles. The Hall–Kier alpha value is -2.16. The molecule has 128 valence electrons. The number of carbonyl (C=O) groups excluding carboxylic acids is 1. The number of halogens is 3. The molecular formula is C15H12F3NO4S. The molecule has 1 aliphatic rings. The van der Waals surface area contributed by atoms with E-state index in [0.717, 1.165) is 24.8 Å². The van der Waals surface area contributed by atoms with E-state index < -0.39 is 32.9 Å². The van der Waals surface area contributed by atoms with Gasteiger partial charge in [0, 0.05) is 11.8 Å². The Labute approximate surface area is 135 Å². The molecule has 3 rings (SSSR count). The van der Waals surface area contributed by atoms with Crippen LogP contribution in [0.5, 0.6) is 0 Å². The van der Waals surface area contributed by atoms with E-state index in [2.05, 4.69) is 9.68 Å². The van der Waals surface area contributed by atoms with E-state index >= 15 is 0 Å². The average Bonchev–Trinajstić information content (AvgIpc) is 3.18. The fraction of sp³-hybridized carbons (Fsp3) is 0.333. The third-order valence-corrected chi connectivity index (χ3v) is 4.96. The second kappa shape index (κ2) is 5.44. The molecule has 2 aromatic rings. The average molecular weight is 359 g/mol. The number of carbonyl (C=O) groups is 1. The molecule has 1 aromatic carbocycles. The maximum absolute atomic E-state index is 13.4. The van der Waals surface area contributed by atoms with Crippen molar-refractivity contribution in [3.05, 3.63) is 46.8 Å². The van der Waals surface area contributed by atoms with E-state index in [1.165, 1.54) is 0 Å². The normalized spacial score (nSPS) is 15.5.